The summed E-state index contributed by atoms with van der Waals surface area (Å²) in [5.41, 5.74) is 1.18. The number of phosphoric acid groups is 1. The Labute approximate surface area is 114 Å². The molecule has 0 amide bonds. The molecule has 0 fully saturated rings. The van der Waals surface area contributed by atoms with Gasteiger partial charge in [-0.2, -0.15) is 4.98 Å². The number of nitrogens with one attached hydrogen (secondary N) is 1. The number of nitrogens with zero attached hydrogens (tertiary/aromatic N) is 2. The largest absolute Gasteiger partial charge is 0.469 e. The molecular weight excluding hydrogens is 293 g/mol. The molecule has 0 aliphatic heterocycles. The first-order chi connectivity index (χ1) is 9.35. The van der Waals surface area contributed by atoms with Crippen LogP contribution in [-0.4, -0.2) is 44.4 Å². The van der Waals surface area contributed by atoms with Gasteiger partial charge in [0.2, 0.25) is 0 Å². The number of ether oxygens (including phenoxy) is 1. The first-order valence-corrected chi connectivity index (χ1v) is 7.09. The van der Waals surface area contributed by atoms with Gasteiger partial charge in [-0.25, -0.2) is 9.36 Å². The summed E-state index contributed by atoms with van der Waals surface area (Å²) in [5.74, 6) is 0.0272. The van der Waals surface area contributed by atoms with Crippen molar-refractivity contribution in [3.8, 4) is 0 Å². The average molecular weight is 309 g/mol. The van der Waals surface area contributed by atoms with Crippen LogP contribution < -0.4 is 11.2 Å². The minimum Gasteiger partial charge on any atom is -0.379 e. The van der Waals surface area contributed by atoms with E-state index in [9.17, 15) is 9.36 Å². The number of methoxy groups -OCH3 is 1. The summed E-state index contributed by atoms with van der Waals surface area (Å²) >= 11 is 0. The highest BCUT2D eigenvalue weighted by atomic mass is 31.2. The zero-order valence-corrected chi connectivity index (χ0v) is 11.6. The van der Waals surface area contributed by atoms with Gasteiger partial charge in [0, 0.05) is 19.9 Å². The number of anilines is 1. The van der Waals surface area contributed by atoms with E-state index in [1.165, 1.54) is 23.9 Å². The van der Waals surface area contributed by atoms with Crippen molar-refractivity contribution < 1.29 is 28.8 Å². The van der Waals surface area contributed by atoms with Crippen LogP contribution in [0.25, 0.3) is 0 Å². The summed E-state index contributed by atoms with van der Waals surface area (Å²) < 4.78 is 21.2. The van der Waals surface area contributed by atoms with Crippen LogP contribution in [0, 0.1) is 0 Å². The van der Waals surface area contributed by atoms with E-state index in [0.29, 0.717) is 6.42 Å². The number of aryl methyl sites for hydroxylation is 1. The van der Waals surface area contributed by atoms with Gasteiger partial charge in [0.15, 0.2) is 5.82 Å². The molecule has 0 bridgehead atoms. The highest BCUT2D eigenvalue weighted by Crippen LogP contribution is 2.35. The van der Waals surface area contributed by atoms with Gasteiger partial charge in [-0.3, -0.25) is 19.8 Å². The summed E-state index contributed by atoms with van der Waals surface area (Å²) in [5, 5.41) is 8.58. The van der Waals surface area contributed by atoms with Crippen molar-refractivity contribution in [3.05, 3.63) is 22.7 Å². The molecule has 1 aromatic heterocycles. The van der Waals surface area contributed by atoms with Crippen LogP contribution in [0.4, 0.5) is 5.82 Å². The third-order valence-electron chi connectivity index (χ3n) is 2.44. The summed E-state index contributed by atoms with van der Waals surface area (Å²) in [6.45, 7) is -0.0696. The van der Waals surface area contributed by atoms with E-state index in [0.717, 1.165) is 0 Å². The van der Waals surface area contributed by atoms with E-state index in [4.69, 9.17) is 19.7 Å². The van der Waals surface area contributed by atoms with Gasteiger partial charge in [0.05, 0.1) is 12.7 Å². The molecule has 1 aromatic rings. The molecule has 1 rings (SSSR count). The fourth-order valence-corrected chi connectivity index (χ4v) is 1.75. The normalized spacial score (nSPS) is 13.2. The van der Waals surface area contributed by atoms with Crippen LogP contribution in [0.2, 0.25) is 0 Å². The molecule has 10 nitrogen and oxygen atoms in total. The van der Waals surface area contributed by atoms with Crippen LogP contribution in [-0.2, 0) is 20.4 Å². The standard InChI is InChI=1S/C9H16N3O7P/c1-18-7(6-19-20(15,16)17)2-4-12-5-3-8(11-14)10-9(12)13/h3,5,7,14H,2,4,6H2,1H3,(H,10,11,13)(H2,15,16,17). The quantitative estimate of drug-likeness (QED) is 0.371. The molecule has 1 atom stereocenters. The SMILES string of the molecule is COC(CCn1ccc(NO)nc1=O)COP(=O)(O)O. The Morgan fingerprint density at radius 1 is 1.55 bits per heavy atom. The first-order valence-electron chi connectivity index (χ1n) is 5.56. The van der Waals surface area contributed by atoms with E-state index in [2.05, 4.69) is 9.51 Å². The number of hydrogen-bond donors (Lipinski definition) is 4. The lowest BCUT2D eigenvalue weighted by Gasteiger charge is -2.16. The molecule has 0 radical (unpaired) electrons. The maximum absolute atomic E-state index is 11.5. The Kier molecular flexibility index (Phi) is 6.27. The minimum absolute atomic E-state index is 0.0272. The molecule has 1 heterocycles. The molecule has 0 aromatic carbocycles. The number of phosphoric ester groups is 1. The predicted octanol–water partition coefficient (Wildman–Crippen LogP) is -0.441. The van der Waals surface area contributed by atoms with Crippen LogP contribution in [0.1, 0.15) is 6.42 Å². The lowest BCUT2D eigenvalue weighted by atomic mass is 10.2. The van der Waals surface area contributed by atoms with Crippen molar-refractivity contribution in [2.24, 2.45) is 0 Å². The Morgan fingerprint density at radius 3 is 2.75 bits per heavy atom. The zero-order chi connectivity index (χ0) is 15.2. The highest BCUT2D eigenvalue weighted by Gasteiger charge is 2.18. The molecule has 0 aliphatic rings. The minimum atomic E-state index is -4.55. The van der Waals surface area contributed by atoms with Gasteiger partial charge in [0.1, 0.15) is 0 Å². The Balaban J connectivity index is 2.56. The summed E-state index contributed by atoms with van der Waals surface area (Å²) in [6.07, 6.45) is 1.14. The average Bonchev–Trinajstić information content (AvgIpc) is 2.39. The Morgan fingerprint density at radius 2 is 2.25 bits per heavy atom. The van der Waals surface area contributed by atoms with Crippen LogP contribution >= 0.6 is 7.82 Å². The molecule has 20 heavy (non-hydrogen) atoms. The van der Waals surface area contributed by atoms with E-state index in [1.54, 1.807) is 5.48 Å². The van der Waals surface area contributed by atoms with Gasteiger partial charge in [-0.05, 0) is 12.5 Å². The molecule has 4 N–H and O–H groups in total. The fraction of sp³-hybridized carbons (Fsp3) is 0.556. The van der Waals surface area contributed by atoms with E-state index >= 15 is 0 Å². The summed E-state index contributed by atoms with van der Waals surface area (Å²) in [7, 11) is -3.18. The molecule has 0 spiro atoms. The summed E-state index contributed by atoms with van der Waals surface area (Å²) in [6, 6.07) is 1.40. The van der Waals surface area contributed by atoms with Crippen LogP contribution in [0.15, 0.2) is 17.1 Å². The van der Waals surface area contributed by atoms with E-state index in [-0.39, 0.29) is 19.0 Å². The second kappa shape index (κ2) is 7.48. The van der Waals surface area contributed by atoms with Crippen LogP contribution in [0.5, 0.6) is 0 Å². The molecule has 11 heteroatoms. The van der Waals surface area contributed by atoms with E-state index < -0.39 is 19.6 Å². The van der Waals surface area contributed by atoms with Crippen molar-refractivity contribution in [1.29, 1.82) is 0 Å². The molecule has 1 unspecified atom stereocenters. The van der Waals surface area contributed by atoms with Crippen molar-refractivity contribution in [1.82, 2.24) is 9.55 Å². The fourth-order valence-electron chi connectivity index (χ4n) is 1.39. The Hall–Kier alpha value is -1.29. The van der Waals surface area contributed by atoms with Gasteiger partial charge in [-0.1, -0.05) is 0 Å². The highest BCUT2D eigenvalue weighted by molar-refractivity contribution is 7.46. The smallest absolute Gasteiger partial charge is 0.379 e. The monoisotopic (exact) mass is 309 g/mol. The predicted molar refractivity (Wildman–Crippen MR) is 67.3 cm³/mol. The lowest BCUT2D eigenvalue weighted by Crippen LogP contribution is -2.27. The van der Waals surface area contributed by atoms with Crippen molar-refractivity contribution in [3.63, 3.8) is 0 Å². The first kappa shape index (κ1) is 16.8. The van der Waals surface area contributed by atoms with Crippen molar-refractivity contribution in [2.75, 3.05) is 19.2 Å². The zero-order valence-electron chi connectivity index (χ0n) is 10.7. The number of hydrogen-bond acceptors (Lipinski definition) is 7. The lowest BCUT2D eigenvalue weighted by molar-refractivity contribution is 0.0373. The third kappa shape index (κ3) is 5.78. The maximum atomic E-state index is 11.5. The van der Waals surface area contributed by atoms with Gasteiger partial charge < -0.3 is 14.5 Å². The third-order valence-corrected chi connectivity index (χ3v) is 2.93. The molecule has 0 aliphatic carbocycles. The van der Waals surface area contributed by atoms with Crippen molar-refractivity contribution in [2.45, 2.75) is 19.1 Å². The van der Waals surface area contributed by atoms with Crippen molar-refractivity contribution >= 4 is 13.6 Å². The molecule has 0 saturated carbocycles. The molecule has 114 valence electrons. The second-order valence-electron chi connectivity index (χ2n) is 3.83. The number of rotatable bonds is 8. The molecular formula is C9H16N3O7P. The van der Waals surface area contributed by atoms with Gasteiger partial charge >= 0.3 is 13.5 Å². The topological polar surface area (TPSA) is 143 Å². The van der Waals surface area contributed by atoms with Gasteiger partial charge in [0.25, 0.3) is 0 Å². The van der Waals surface area contributed by atoms with Crippen LogP contribution in [0.3, 0.4) is 0 Å². The molecule has 0 saturated heterocycles. The maximum Gasteiger partial charge on any atom is 0.469 e. The van der Waals surface area contributed by atoms with E-state index in [1.807, 2.05) is 0 Å². The summed E-state index contributed by atoms with van der Waals surface area (Å²) in [4.78, 5) is 32.2. The second-order valence-corrected chi connectivity index (χ2v) is 5.07. The number of aromatic nitrogens is 2. The van der Waals surface area contributed by atoms with Gasteiger partial charge in [-0.15, -0.1) is 0 Å². The Bertz CT molecular complexity index is 529.